The molecular weight excluding hydrogens is 275 g/mol. The minimum Gasteiger partial charge on any atom is -0.289 e. The largest absolute Gasteiger partial charge is 0.289 e. The van der Waals surface area contributed by atoms with E-state index in [0.29, 0.717) is 20.7 Å². The lowest BCUT2D eigenvalue weighted by Crippen LogP contribution is -2.18. The lowest BCUT2D eigenvalue weighted by atomic mass is 9.87. The van der Waals surface area contributed by atoms with Gasteiger partial charge in [-0.15, -0.1) is 11.3 Å². The molecule has 2 nitrogen and oxygen atoms in total. The van der Waals surface area contributed by atoms with Gasteiger partial charge in [-0.3, -0.25) is 9.59 Å². The summed E-state index contributed by atoms with van der Waals surface area (Å²) in [5, 5.41) is 0.264. The number of ketones is 2. The van der Waals surface area contributed by atoms with E-state index in [0.717, 1.165) is 0 Å². The van der Waals surface area contributed by atoms with Crippen LogP contribution in [0.3, 0.4) is 0 Å². The van der Waals surface area contributed by atoms with Crippen LogP contribution in [0.5, 0.6) is 0 Å². The Morgan fingerprint density at radius 3 is 2.30 bits per heavy atom. The van der Waals surface area contributed by atoms with Gasteiger partial charge in [-0.25, -0.2) is 4.39 Å². The molecule has 1 heterocycles. The highest BCUT2D eigenvalue weighted by Crippen LogP contribution is 2.39. The number of carbonyl (C=O) groups excluding carboxylic acids is 2. The van der Waals surface area contributed by atoms with Crippen molar-refractivity contribution in [2.24, 2.45) is 0 Å². The number of hydrogen-bond donors (Lipinski definition) is 0. The summed E-state index contributed by atoms with van der Waals surface area (Å²) in [6.45, 7) is 0. The van der Waals surface area contributed by atoms with Crippen molar-refractivity contribution in [2.45, 2.75) is 0 Å². The molecule has 0 radical (unpaired) electrons. The van der Waals surface area contributed by atoms with E-state index in [2.05, 4.69) is 0 Å². The third kappa shape index (κ3) is 1.31. The first-order valence-corrected chi connectivity index (χ1v) is 6.89. The molecular formula is C16H7FO2S. The molecule has 20 heavy (non-hydrogen) atoms. The molecule has 0 aliphatic heterocycles. The molecule has 3 aromatic rings. The molecule has 0 spiro atoms. The van der Waals surface area contributed by atoms with E-state index < -0.39 is 5.82 Å². The van der Waals surface area contributed by atoms with Crippen LogP contribution in [0.1, 0.15) is 31.2 Å². The van der Waals surface area contributed by atoms with Crippen molar-refractivity contribution >= 4 is 33.0 Å². The van der Waals surface area contributed by atoms with E-state index in [1.54, 1.807) is 36.4 Å². The summed E-state index contributed by atoms with van der Waals surface area (Å²) in [6, 6.07) is 11.3. The van der Waals surface area contributed by atoms with Crippen LogP contribution in [0, 0.1) is 5.82 Å². The summed E-state index contributed by atoms with van der Waals surface area (Å²) in [5.41, 5.74) is 0.969. The van der Waals surface area contributed by atoms with Crippen molar-refractivity contribution in [2.75, 3.05) is 0 Å². The van der Waals surface area contributed by atoms with Crippen LogP contribution >= 0.6 is 11.3 Å². The molecule has 4 rings (SSSR count). The highest BCUT2D eigenvalue weighted by atomic mass is 32.1. The lowest BCUT2D eigenvalue weighted by Gasteiger charge is -2.13. The number of fused-ring (bicyclic) bond motifs is 4. The first-order chi connectivity index (χ1) is 9.68. The van der Waals surface area contributed by atoms with Gasteiger partial charge in [0.1, 0.15) is 5.82 Å². The summed E-state index contributed by atoms with van der Waals surface area (Å²) < 4.78 is 14.7. The maximum Gasteiger partial charge on any atom is 0.204 e. The molecule has 0 N–H and O–H groups in total. The Morgan fingerprint density at radius 1 is 0.850 bits per heavy atom. The predicted molar refractivity (Wildman–Crippen MR) is 75.1 cm³/mol. The smallest absolute Gasteiger partial charge is 0.204 e. The van der Waals surface area contributed by atoms with Gasteiger partial charge < -0.3 is 0 Å². The summed E-state index contributed by atoms with van der Waals surface area (Å²) in [4.78, 5) is 25.4. The van der Waals surface area contributed by atoms with E-state index >= 15 is 0 Å². The summed E-state index contributed by atoms with van der Waals surface area (Å²) in [5.74, 6) is -0.928. The van der Waals surface area contributed by atoms with Gasteiger partial charge in [0.15, 0.2) is 5.78 Å². The zero-order chi connectivity index (χ0) is 13.9. The Morgan fingerprint density at radius 2 is 1.55 bits per heavy atom. The van der Waals surface area contributed by atoms with Crippen LogP contribution in [0.4, 0.5) is 4.39 Å². The fourth-order valence-electron chi connectivity index (χ4n) is 2.62. The average Bonchev–Trinajstić information content (AvgIpc) is 2.86. The second-order valence-corrected chi connectivity index (χ2v) is 5.68. The third-order valence-corrected chi connectivity index (χ3v) is 4.67. The Bertz CT molecular complexity index is 908. The Hall–Kier alpha value is -2.33. The SMILES string of the molecule is O=C1c2ccccc2C(=O)c2c1sc1cccc(F)c21. The predicted octanol–water partition coefficient (Wildman–Crippen LogP) is 3.82. The highest BCUT2D eigenvalue weighted by molar-refractivity contribution is 7.21. The van der Waals surface area contributed by atoms with Crippen LogP contribution in [0.15, 0.2) is 42.5 Å². The second-order valence-electron chi connectivity index (χ2n) is 4.62. The molecule has 0 bridgehead atoms. The molecule has 1 aliphatic carbocycles. The average molecular weight is 282 g/mol. The van der Waals surface area contributed by atoms with Crippen molar-refractivity contribution < 1.29 is 14.0 Å². The zero-order valence-electron chi connectivity index (χ0n) is 10.1. The second kappa shape index (κ2) is 3.84. The lowest BCUT2D eigenvalue weighted by molar-refractivity contribution is 0.0983. The summed E-state index contributed by atoms with van der Waals surface area (Å²) >= 11 is 1.18. The standard InChI is InChI=1S/C16H7FO2S/c17-10-6-3-7-11-12(10)13-14(18)8-4-1-2-5-9(8)15(19)16(13)20-11/h1-7H. The van der Waals surface area contributed by atoms with Crippen LogP contribution in [0.25, 0.3) is 10.1 Å². The molecule has 1 aliphatic rings. The normalized spacial score (nSPS) is 13.4. The fraction of sp³-hybridized carbons (Fsp3) is 0. The topological polar surface area (TPSA) is 34.1 Å². The molecule has 0 atom stereocenters. The molecule has 0 saturated carbocycles. The van der Waals surface area contributed by atoms with Crippen molar-refractivity contribution in [3.8, 4) is 0 Å². The Balaban J connectivity index is 2.16. The number of halogens is 1. The zero-order valence-corrected chi connectivity index (χ0v) is 11.0. The number of carbonyl (C=O) groups is 2. The van der Waals surface area contributed by atoms with Crippen molar-refractivity contribution in [1.29, 1.82) is 0 Å². The van der Waals surface area contributed by atoms with Crippen molar-refractivity contribution in [3.05, 3.63) is 69.8 Å². The molecule has 2 aromatic carbocycles. The monoisotopic (exact) mass is 282 g/mol. The van der Waals surface area contributed by atoms with Gasteiger partial charge in [0.05, 0.1) is 10.4 Å². The van der Waals surface area contributed by atoms with Gasteiger partial charge in [-0.2, -0.15) is 0 Å². The van der Waals surface area contributed by atoms with E-state index in [-0.39, 0.29) is 22.5 Å². The quantitative estimate of drug-likeness (QED) is 0.491. The van der Waals surface area contributed by atoms with E-state index in [1.165, 1.54) is 17.4 Å². The molecule has 0 fully saturated rings. The maximum atomic E-state index is 14.0. The molecule has 1 aromatic heterocycles. The maximum absolute atomic E-state index is 14.0. The van der Waals surface area contributed by atoms with Crippen molar-refractivity contribution in [1.82, 2.24) is 0 Å². The van der Waals surface area contributed by atoms with Gasteiger partial charge in [-0.1, -0.05) is 30.3 Å². The van der Waals surface area contributed by atoms with Gasteiger partial charge in [0, 0.05) is 21.2 Å². The van der Waals surface area contributed by atoms with Gasteiger partial charge >= 0.3 is 0 Å². The molecule has 0 saturated heterocycles. The fourth-order valence-corrected chi connectivity index (χ4v) is 3.79. The van der Waals surface area contributed by atoms with Gasteiger partial charge in [-0.05, 0) is 12.1 Å². The minimum absolute atomic E-state index is 0.198. The first kappa shape index (κ1) is 11.5. The Labute approximate surface area is 117 Å². The van der Waals surface area contributed by atoms with Gasteiger partial charge in [0.25, 0.3) is 0 Å². The van der Waals surface area contributed by atoms with Gasteiger partial charge in [0.2, 0.25) is 5.78 Å². The highest BCUT2D eigenvalue weighted by Gasteiger charge is 2.33. The molecule has 4 heteroatoms. The number of benzene rings is 2. The minimum atomic E-state index is -0.458. The van der Waals surface area contributed by atoms with Crippen molar-refractivity contribution in [3.63, 3.8) is 0 Å². The summed E-state index contributed by atoms with van der Waals surface area (Å²) in [6.07, 6.45) is 0. The van der Waals surface area contributed by atoms with E-state index in [9.17, 15) is 14.0 Å². The van der Waals surface area contributed by atoms with E-state index in [1.807, 2.05) is 0 Å². The number of thiophene rings is 1. The first-order valence-electron chi connectivity index (χ1n) is 6.08. The van der Waals surface area contributed by atoms with Crippen LogP contribution in [-0.4, -0.2) is 11.6 Å². The van der Waals surface area contributed by atoms with Crippen LogP contribution < -0.4 is 0 Å². The number of rotatable bonds is 0. The molecule has 96 valence electrons. The Kier molecular flexibility index (Phi) is 2.20. The molecule has 0 amide bonds. The van der Waals surface area contributed by atoms with Crippen LogP contribution in [0.2, 0.25) is 0 Å². The third-order valence-electron chi connectivity index (χ3n) is 3.51. The van der Waals surface area contributed by atoms with E-state index in [4.69, 9.17) is 0 Å². The van der Waals surface area contributed by atoms with Crippen LogP contribution in [-0.2, 0) is 0 Å². The number of hydrogen-bond acceptors (Lipinski definition) is 3. The summed E-state index contributed by atoms with van der Waals surface area (Å²) in [7, 11) is 0. The molecule has 0 unspecified atom stereocenters.